The molecule has 0 aromatic heterocycles. The Labute approximate surface area is 125 Å². The van der Waals surface area contributed by atoms with Crippen molar-refractivity contribution in [3.05, 3.63) is 53.6 Å². The second-order valence-electron chi connectivity index (χ2n) is 4.84. The van der Waals surface area contributed by atoms with Crippen molar-refractivity contribution in [2.45, 2.75) is 19.6 Å². The van der Waals surface area contributed by atoms with Gasteiger partial charge < -0.3 is 19.9 Å². The fourth-order valence-electron chi connectivity index (χ4n) is 2.01. The quantitative estimate of drug-likeness (QED) is 0.885. The third-order valence-electron chi connectivity index (χ3n) is 3.24. The highest BCUT2D eigenvalue weighted by atomic mass is 16.5. The SMILES string of the molecule is COc1cccc(COc2ccc([C@H](C)N)cc2OC)c1. The minimum absolute atomic E-state index is 0.0358. The Balaban J connectivity index is 2.12. The molecule has 0 unspecified atom stereocenters. The number of rotatable bonds is 6. The Morgan fingerprint density at radius 3 is 2.48 bits per heavy atom. The lowest BCUT2D eigenvalue weighted by molar-refractivity contribution is 0.283. The number of hydrogen-bond acceptors (Lipinski definition) is 4. The zero-order valence-electron chi connectivity index (χ0n) is 12.6. The van der Waals surface area contributed by atoms with E-state index >= 15 is 0 Å². The highest BCUT2D eigenvalue weighted by Crippen LogP contribution is 2.30. The molecule has 0 spiro atoms. The summed E-state index contributed by atoms with van der Waals surface area (Å²) in [6.45, 7) is 2.39. The first kappa shape index (κ1) is 15.2. The lowest BCUT2D eigenvalue weighted by Gasteiger charge is -2.14. The van der Waals surface area contributed by atoms with Gasteiger partial charge in [-0.3, -0.25) is 0 Å². The molecule has 0 fully saturated rings. The molecule has 2 rings (SSSR count). The predicted molar refractivity (Wildman–Crippen MR) is 82.9 cm³/mol. The maximum absolute atomic E-state index is 5.87. The lowest BCUT2D eigenvalue weighted by Crippen LogP contribution is -2.05. The molecular weight excluding hydrogens is 266 g/mol. The Morgan fingerprint density at radius 1 is 1.00 bits per heavy atom. The van der Waals surface area contributed by atoms with Gasteiger partial charge in [0.1, 0.15) is 12.4 Å². The predicted octanol–water partition coefficient (Wildman–Crippen LogP) is 3.30. The summed E-state index contributed by atoms with van der Waals surface area (Å²) in [6.07, 6.45) is 0. The zero-order valence-corrected chi connectivity index (χ0v) is 12.6. The summed E-state index contributed by atoms with van der Waals surface area (Å²) in [5, 5.41) is 0. The van der Waals surface area contributed by atoms with Gasteiger partial charge in [-0.1, -0.05) is 18.2 Å². The van der Waals surface area contributed by atoms with Crippen molar-refractivity contribution in [2.24, 2.45) is 5.73 Å². The average Bonchev–Trinajstić information content (AvgIpc) is 2.52. The topological polar surface area (TPSA) is 53.7 Å². The van der Waals surface area contributed by atoms with Gasteiger partial charge in [-0.05, 0) is 42.3 Å². The van der Waals surface area contributed by atoms with Crippen LogP contribution in [0.2, 0.25) is 0 Å². The Morgan fingerprint density at radius 2 is 1.81 bits per heavy atom. The summed E-state index contributed by atoms with van der Waals surface area (Å²) in [4.78, 5) is 0. The van der Waals surface area contributed by atoms with Crippen LogP contribution < -0.4 is 19.9 Å². The van der Waals surface area contributed by atoms with Gasteiger partial charge in [0.05, 0.1) is 14.2 Å². The first-order chi connectivity index (χ1) is 10.1. The van der Waals surface area contributed by atoms with Gasteiger partial charge in [0, 0.05) is 6.04 Å². The molecule has 0 aliphatic heterocycles. The molecule has 0 heterocycles. The van der Waals surface area contributed by atoms with Crippen LogP contribution in [-0.4, -0.2) is 14.2 Å². The number of ether oxygens (including phenoxy) is 3. The monoisotopic (exact) mass is 287 g/mol. The van der Waals surface area contributed by atoms with Crippen molar-refractivity contribution in [1.82, 2.24) is 0 Å². The van der Waals surface area contributed by atoms with Crippen LogP contribution in [0.5, 0.6) is 17.2 Å². The molecule has 2 N–H and O–H groups in total. The van der Waals surface area contributed by atoms with Gasteiger partial charge in [0.2, 0.25) is 0 Å². The van der Waals surface area contributed by atoms with E-state index < -0.39 is 0 Å². The molecule has 2 aromatic carbocycles. The lowest BCUT2D eigenvalue weighted by atomic mass is 10.1. The molecule has 21 heavy (non-hydrogen) atoms. The first-order valence-electron chi connectivity index (χ1n) is 6.83. The molecule has 0 amide bonds. The normalized spacial score (nSPS) is 11.8. The molecular formula is C17H21NO3. The smallest absolute Gasteiger partial charge is 0.161 e. The summed E-state index contributed by atoms with van der Waals surface area (Å²) >= 11 is 0. The second-order valence-corrected chi connectivity index (χ2v) is 4.84. The Bertz CT molecular complexity index is 596. The highest BCUT2D eigenvalue weighted by molar-refractivity contribution is 5.44. The second kappa shape index (κ2) is 6.99. The molecule has 4 heteroatoms. The van der Waals surface area contributed by atoms with Crippen LogP contribution in [0.3, 0.4) is 0 Å². The van der Waals surface area contributed by atoms with Crippen LogP contribution >= 0.6 is 0 Å². The standard InChI is InChI=1S/C17H21NO3/c1-12(18)14-7-8-16(17(10-14)20-3)21-11-13-5-4-6-15(9-13)19-2/h4-10,12H,11,18H2,1-3H3/t12-/m0/s1. The number of nitrogens with two attached hydrogens (primary N) is 1. The molecule has 4 nitrogen and oxygen atoms in total. The van der Waals surface area contributed by atoms with Crippen molar-refractivity contribution in [3.63, 3.8) is 0 Å². The molecule has 0 aliphatic rings. The van der Waals surface area contributed by atoms with Crippen LogP contribution in [0.1, 0.15) is 24.1 Å². The third kappa shape index (κ3) is 3.89. The van der Waals surface area contributed by atoms with Gasteiger partial charge in [-0.25, -0.2) is 0 Å². The van der Waals surface area contributed by atoms with Crippen molar-refractivity contribution in [2.75, 3.05) is 14.2 Å². The van der Waals surface area contributed by atoms with Crippen LogP contribution in [0.25, 0.3) is 0 Å². The van der Waals surface area contributed by atoms with E-state index in [1.54, 1.807) is 14.2 Å². The average molecular weight is 287 g/mol. The van der Waals surface area contributed by atoms with Crippen molar-refractivity contribution < 1.29 is 14.2 Å². The molecule has 0 radical (unpaired) electrons. The van der Waals surface area contributed by atoms with E-state index in [1.165, 1.54) is 0 Å². The van der Waals surface area contributed by atoms with Crippen LogP contribution in [-0.2, 0) is 6.61 Å². The number of methoxy groups -OCH3 is 2. The van der Waals surface area contributed by atoms with Crippen LogP contribution in [0, 0.1) is 0 Å². The van der Waals surface area contributed by atoms with Crippen molar-refractivity contribution in [1.29, 1.82) is 0 Å². The van der Waals surface area contributed by atoms with Crippen LogP contribution in [0.4, 0.5) is 0 Å². The van der Waals surface area contributed by atoms with Crippen molar-refractivity contribution >= 4 is 0 Å². The fourth-order valence-corrected chi connectivity index (χ4v) is 2.01. The van der Waals surface area contributed by atoms with Gasteiger partial charge in [0.25, 0.3) is 0 Å². The largest absolute Gasteiger partial charge is 0.497 e. The van der Waals surface area contributed by atoms with Crippen molar-refractivity contribution in [3.8, 4) is 17.2 Å². The Kier molecular flexibility index (Phi) is 5.06. The highest BCUT2D eigenvalue weighted by Gasteiger charge is 2.08. The van der Waals surface area contributed by atoms with Gasteiger partial charge in [-0.2, -0.15) is 0 Å². The molecule has 112 valence electrons. The third-order valence-corrected chi connectivity index (χ3v) is 3.24. The van der Waals surface area contributed by atoms with E-state index in [2.05, 4.69) is 0 Å². The number of benzene rings is 2. The van der Waals surface area contributed by atoms with E-state index in [9.17, 15) is 0 Å². The molecule has 2 aromatic rings. The van der Waals surface area contributed by atoms with E-state index in [4.69, 9.17) is 19.9 Å². The fraction of sp³-hybridized carbons (Fsp3) is 0.294. The summed E-state index contributed by atoms with van der Waals surface area (Å²) in [5.74, 6) is 2.20. The van der Waals surface area contributed by atoms with Crippen LogP contribution in [0.15, 0.2) is 42.5 Å². The van der Waals surface area contributed by atoms with Gasteiger partial charge in [0.15, 0.2) is 11.5 Å². The Hall–Kier alpha value is -2.20. The van der Waals surface area contributed by atoms with E-state index in [0.29, 0.717) is 18.1 Å². The molecule has 0 saturated carbocycles. The maximum atomic E-state index is 5.87. The minimum Gasteiger partial charge on any atom is -0.497 e. The number of hydrogen-bond donors (Lipinski definition) is 1. The summed E-state index contributed by atoms with van der Waals surface area (Å²) in [7, 11) is 3.27. The molecule has 0 aliphatic carbocycles. The molecule has 0 bridgehead atoms. The minimum atomic E-state index is -0.0358. The zero-order chi connectivity index (χ0) is 15.2. The molecule has 1 atom stereocenters. The van der Waals surface area contributed by atoms with E-state index in [-0.39, 0.29) is 6.04 Å². The maximum Gasteiger partial charge on any atom is 0.161 e. The first-order valence-corrected chi connectivity index (χ1v) is 6.83. The molecule has 0 saturated heterocycles. The summed E-state index contributed by atoms with van der Waals surface area (Å²) in [5.41, 5.74) is 7.92. The van der Waals surface area contributed by atoms with Gasteiger partial charge in [-0.15, -0.1) is 0 Å². The van der Waals surface area contributed by atoms with E-state index in [0.717, 1.165) is 16.9 Å². The summed E-state index contributed by atoms with van der Waals surface area (Å²) < 4.78 is 16.4. The van der Waals surface area contributed by atoms with E-state index in [1.807, 2.05) is 49.4 Å². The van der Waals surface area contributed by atoms with Gasteiger partial charge >= 0.3 is 0 Å². The summed E-state index contributed by atoms with van der Waals surface area (Å²) in [6, 6.07) is 13.5.